The standard InChI is InChI=1S/C16H21N3O3/c1-4-18(9-10-20)16(21)15-11-12(2)19(17-15)13-5-7-14(22-3)8-6-13/h5-8,11,20H,4,9-10H2,1-3H3. The van der Waals surface area contributed by atoms with Crippen LogP contribution in [0, 0.1) is 6.92 Å². The summed E-state index contributed by atoms with van der Waals surface area (Å²) in [6.07, 6.45) is 0. The lowest BCUT2D eigenvalue weighted by Gasteiger charge is -2.18. The molecule has 0 aliphatic rings. The summed E-state index contributed by atoms with van der Waals surface area (Å²) in [7, 11) is 1.62. The van der Waals surface area contributed by atoms with Gasteiger partial charge in [0.05, 0.1) is 19.4 Å². The molecule has 0 aliphatic carbocycles. The minimum Gasteiger partial charge on any atom is -0.497 e. The predicted molar refractivity (Wildman–Crippen MR) is 83.5 cm³/mol. The van der Waals surface area contributed by atoms with Gasteiger partial charge in [-0.15, -0.1) is 0 Å². The fourth-order valence-electron chi connectivity index (χ4n) is 2.25. The van der Waals surface area contributed by atoms with Crippen LogP contribution in [0.15, 0.2) is 30.3 Å². The summed E-state index contributed by atoms with van der Waals surface area (Å²) >= 11 is 0. The van der Waals surface area contributed by atoms with Crippen molar-refractivity contribution < 1.29 is 14.6 Å². The van der Waals surface area contributed by atoms with Gasteiger partial charge in [0, 0.05) is 18.8 Å². The van der Waals surface area contributed by atoms with E-state index in [4.69, 9.17) is 9.84 Å². The topological polar surface area (TPSA) is 67.6 Å². The number of ether oxygens (including phenoxy) is 1. The van der Waals surface area contributed by atoms with Crippen LogP contribution >= 0.6 is 0 Å². The Balaban J connectivity index is 2.28. The molecule has 6 heteroatoms. The fraction of sp³-hybridized carbons (Fsp3) is 0.375. The van der Waals surface area contributed by atoms with Gasteiger partial charge in [0.15, 0.2) is 5.69 Å². The van der Waals surface area contributed by atoms with Gasteiger partial charge in [-0.2, -0.15) is 5.10 Å². The first kappa shape index (κ1) is 16.0. The van der Waals surface area contributed by atoms with Crippen molar-refractivity contribution in [3.63, 3.8) is 0 Å². The Morgan fingerprint density at radius 2 is 2.05 bits per heavy atom. The summed E-state index contributed by atoms with van der Waals surface area (Å²) in [5.74, 6) is 0.594. The molecule has 22 heavy (non-hydrogen) atoms. The molecule has 0 saturated heterocycles. The third kappa shape index (κ3) is 3.28. The minimum absolute atomic E-state index is 0.0578. The predicted octanol–water partition coefficient (Wildman–Crippen LogP) is 1.64. The number of aromatic nitrogens is 2. The molecular formula is C16H21N3O3. The highest BCUT2D eigenvalue weighted by molar-refractivity contribution is 5.92. The van der Waals surface area contributed by atoms with Gasteiger partial charge in [0.25, 0.3) is 5.91 Å². The SMILES string of the molecule is CCN(CCO)C(=O)c1cc(C)n(-c2ccc(OC)cc2)n1. The van der Waals surface area contributed by atoms with Crippen LogP contribution in [-0.4, -0.2) is 52.5 Å². The van der Waals surface area contributed by atoms with Crippen LogP contribution in [0.4, 0.5) is 0 Å². The fourth-order valence-corrected chi connectivity index (χ4v) is 2.25. The van der Waals surface area contributed by atoms with E-state index in [1.807, 2.05) is 38.1 Å². The molecule has 6 nitrogen and oxygen atoms in total. The van der Waals surface area contributed by atoms with E-state index in [1.165, 1.54) is 0 Å². The first-order valence-corrected chi connectivity index (χ1v) is 7.22. The zero-order chi connectivity index (χ0) is 16.1. The van der Waals surface area contributed by atoms with E-state index in [2.05, 4.69) is 5.10 Å². The van der Waals surface area contributed by atoms with E-state index in [0.717, 1.165) is 17.1 Å². The Hall–Kier alpha value is -2.34. The van der Waals surface area contributed by atoms with Crippen LogP contribution in [0.3, 0.4) is 0 Å². The zero-order valence-electron chi connectivity index (χ0n) is 13.1. The second kappa shape index (κ2) is 7.09. The van der Waals surface area contributed by atoms with Gasteiger partial charge in [-0.1, -0.05) is 0 Å². The molecule has 1 heterocycles. The average molecular weight is 303 g/mol. The largest absolute Gasteiger partial charge is 0.497 e. The van der Waals surface area contributed by atoms with E-state index < -0.39 is 0 Å². The molecule has 1 amide bonds. The molecule has 0 radical (unpaired) electrons. The lowest BCUT2D eigenvalue weighted by molar-refractivity contribution is 0.0725. The number of hydrogen-bond acceptors (Lipinski definition) is 4. The van der Waals surface area contributed by atoms with Crippen molar-refractivity contribution in [2.75, 3.05) is 26.8 Å². The molecule has 0 spiro atoms. The average Bonchev–Trinajstić information content (AvgIpc) is 2.94. The quantitative estimate of drug-likeness (QED) is 0.881. The van der Waals surface area contributed by atoms with Crippen molar-refractivity contribution >= 4 is 5.91 Å². The van der Waals surface area contributed by atoms with Crippen molar-refractivity contribution in [3.05, 3.63) is 41.7 Å². The molecule has 2 aromatic rings. The molecule has 1 aromatic carbocycles. The maximum absolute atomic E-state index is 12.4. The molecule has 0 saturated carbocycles. The second-order valence-corrected chi connectivity index (χ2v) is 4.89. The molecule has 0 fully saturated rings. The molecular weight excluding hydrogens is 282 g/mol. The van der Waals surface area contributed by atoms with Crippen molar-refractivity contribution in [2.24, 2.45) is 0 Å². The number of aliphatic hydroxyl groups excluding tert-OH is 1. The first-order valence-electron chi connectivity index (χ1n) is 7.22. The van der Waals surface area contributed by atoms with E-state index in [1.54, 1.807) is 22.8 Å². The van der Waals surface area contributed by atoms with E-state index >= 15 is 0 Å². The number of benzene rings is 1. The van der Waals surface area contributed by atoms with Crippen molar-refractivity contribution in [3.8, 4) is 11.4 Å². The van der Waals surface area contributed by atoms with Gasteiger partial charge in [-0.05, 0) is 44.2 Å². The molecule has 118 valence electrons. The van der Waals surface area contributed by atoms with Crippen molar-refractivity contribution in [1.82, 2.24) is 14.7 Å². The summed E-state index contributed by atoms with van der Waals surface area (Å²) in [5.41, 5.74) is 2.11. The summed E-state index contributed by atoms with van der Waals surface area (Å²) in [6.45, 7) is 4.56. The molecule has 0 bridgehead atoms. The van der Waals surface area contributed by atoms with E-state index in [0.29, 0.717) is 18.8 Å². The number of aliphatic hydroxyl groups is 1. The Kier molecular flexibility index (Phi) is 5.16. The third-order valence-corrected chi connectivity index (χ3v) is 3.46. The van der Waals surface area contributed by atoms with Crippen LogP contribution in [0.25, 0.3) is 5.69 Å². The molecule has 0 aliphatic heterocycles. The normalized spacial score (nSPS) is 10.5. The van der Waals surface area contributed by atoms with Crippen LogP contribution in [0.1, 0.15) is 23.1 Å². The molecule has 1 N–H and O–H groups in total. The maximum Gasteiger partial charge on any atom is 0.274 e. The lowest BCUT2D eigenvalue weighted by atomic mass is 10.3. The number of hydrogen-bond donors (Lipinski definition) is 1. The number of carbonyl (C=O) groups is 1. The summed E-state index contributed by atoms with van der Waals surface area (Å²) in [6, 6.07) is 9.23. The van der Waals surface area contributed by atoms with Crippen LogP contribution in [0.5, 0.6) is 5.75 Å². The third-order valence-electron chi connectivity index (χ3n) is 3.46. The first-order chi connectivity index (χ1) is 10.6. The smallest absolute Gasteiger partial charge is 0.274 e. The van der Waals surface area contributed by atoms with Gasteiger partial charge in [0.2, 0.25) is 0 Å². The van der Waals surface area contributed by atoms with Gasteiger partial charge in [-0.25, -0.2) is 4.68 Å². The van der Waals surface area contributed by atoms with E-state index in [-0.39, 0.29) is 12.5 Å². The number of likely N-dealkylation sites (N-methyl/N-ethyl adjacent to an activating group) is 1. The minimum atomic E-state index is -0.174. The lowest BCUT2D eigenvalue weighted by Crippen LogP contribution is -2.33. The number of rotatable bonds is 6. The highest BCUT2D eigenvalue weighted by Crippen LogP contribution is 2.17. The monoisotopic (exact) mass is 303 g/mol. The van der Waals surface area contributed by atoms with Crippen molar-refractivity contribution in [1.29, 1.82) is 0 Å². The van der Waals surface area contributed by atoms with Crippen LogP contribution in [0.2, 0.25) is 0 Å². The Morgan fingerprint density at radius 3 is 2.59 bits per heavy atom. The summed E-state index contributed by atoms with van der Waals surface area (Å²) in [4.78, 5) is 14.0. The number of nitrogens with zero attached hydrogens (tertiary/aromatic N) is 3. The number of aryl methyl sites for hydroxylation is 1. The molecule has 0 unspecified atom stereocenters. The highest BCUT2D eigenvalue weighted by Gasteiger charge is 2.18. The van der Waals surface area contributed by atoms with Gasteiger partial charge >= 0.3 is 0 Å². The highest BCUT2D eigenvalue weighted by atomic mass is 16.5. The number of carbonyl (C=O) groups excluding carboxylic acids is 1. The maximum atomic E-state index is 12.4. The molecule has 2 rings (SSSR count). The second-order valence-electron chi connectivity index (χ2n) is 4.89. The van der Waals surface area contributed by atoms with Crippen molar-refractivity contribution in [2.45, 2.75) is 13.8 Å². The van der Waals surface area contributed by atoms with Gasteiger partial charge < -0.3 is 14.7 Å². The number of amides is 1. The molecule has 1 aromatic heterocycles. The molecule has 0 atom stereocenters. The van der Waals surface area contributed by atoms with Crippen LogP contribution in [-0.2, 0) is 0 Å². The summed E-state index contributed by atoms with van der Waals surface area (Å²) in [5, 5.41) is 13.4. The Bertz CT molecular complexity index is 635. The van der Waals surface area contributed by atoms with Gasteiger partial charge in [0.1, 0.15) is 5.75 Å². The Morgan fingerprint density at radius 1 is 1.36 bits per heavy atom. The summed E-state index contributed by atoms with van der Waals surface area (Å²) < 4.78 is 6.86. The van der Waals surface area contributed by atoms with E-state index in [9.17, 15) is 4.79 Å². The van der Waals surface area contributed by atoms with Gasteiger partial charge in [-0.3, -0.25) is 4.79 Å². The Labute approximate surface area is 129 Å². The number of methoxy groups -OCH3 is 1. The zero-order valence-corrected chi connectivity index (χ0v) is 13.1. The van der Waals surface area contributed by atoms with Crippen LogP contribution < -0.4 is 4.74 Å².